The summed E-state index contributed by atoms with van der Waals surface area (Å²) in [6.07, 6.45) is -1.03. The molecule has 1 heterocycles. The molecule has 1 amide bonds. The first kappa shape index (κ1) is 17.0. The van der Waals surface area contributed by atoms with Gasteiger partial charge in [-0.05, 0) is 38.1 Å². The molecule has 2 N–H and O–H groups in total. The Balaban J connectivity index is 2.18. The van der Waals surface area contributed by atoms with E-state index < -0.39 is 6.09 Å². The van der Waals surface area contributed by atoms with Gasteiger partial charge < -0.3 is 10.4 Å². The summed E-state index contributed by atoms with van der Waals surface area (Å²) in [6.45, 7) is 2.50. The molecule has 0 aliphatic heterocycles. The predicted octanol–water partition coefficient (Wildman–Crippen LogP) is 3.05. The van der Waals surface area contributed by atoms with Crippen LogP contribution in [-0.4, -0.2) is 41.7 Å². The molecule has 23 heavy (non-hydrogen) atoms. The van der Waals surface area contributed by atoms with Crippen molar-refractivity contribution in [2.45, 2.75) is 13.0 Å². The highest BCUT2D eigenvalue weighted by atomic mass is 32.1. The first-order valence-corrected chi connectivity index (χ1v) is 8.02. The minimum atomic E-state index is -1.03. The second kappa shape index (κ2) is 7.77. The molecule has 6 heteroatoms. The molecule has 0 saturated carbocycles. The molecule has 1 aromatic carbocycles. The number of amides is 1. The number of hydrogen-bond donors (Lipinski definition) is 2. The summed E-state index contributed by atoms with van der Waals surface area (Å²) in [7, 11) is 3.95. The number of carboxylic acid groups (broad SMARTS) is 1. The van der Waals surface area contributed by atoms with E-state index in [0.717, 1.165) is 21.7 Å². The lowest BCUT2D eigenvalue weighted by Gasteiger charge is -2.12. The van der Waals surface area contributed by atoms with Crippen LogP contribution >= 0.6 is 11.3 Å². The number of rotatable bonds is 4. The van der Waals surface area contributed by atoms with Gasteiger partial charge in [0, 0.05) is 0 Å². The first-order valence-electron chi connectivity index (χ1n) is 7.14. The van der Waals surface area contributed by atoms with E-state index in [0.29, 0.717) is 6.54 Å². The fourth-order valence-corrected chi connectivity index (χ4v) is 2.76. The fourth-order valence-electron chi connectivity index (χ4n) is 2.01. The largest absolute Gasteiger partial charge is 0.465 e. The minimum absolute atomic E-state index is 0.248. The van der Waals surface area contributed by atoms with Crippen molar-refractivity contribution in [3.8, 4) is 22.3 Å². The van der Waals surface area contributed by atoms with Gasteiger partial charge >= 0.3 is 6.09 Å². The number of benzene rings is 1. The van der Waals surface area contributed by atoms with E-state index in [2.05, 4.69) is 22.1 Å². The minimum Gasteiger partial charge on any atom is -0.465 e. The first-order chi connectivity index (χ1) is 11.0. The molecule has 1 unspecified atom stereocenters. The molecule has 1 atom stereocenters. The zero-order valence-corrected chi connectivity index (χ0v) is 14.1. The topological polar surface area (TPSA) is 65.5 Å². The Hall–Kier alpha value is -2.36. The van der Waals surface area contributed by atoms with E-state index in [4.69, 9.17) is 5.11 Å². The second-order valence-electron chi connectivity index (χ2n) is 5.36. The van der Waals surface area contributed by atoms with Crippen LogP contribution in [0.5, 0.6) is 0 Å². The average molecular weight is 329 g/mol. The van der Waals surface area contributed by atoms with Crippen molar-refractivity contribution in [3.63, 3.8) is 0 Å². The number of aromatic nitrogens is 1. The van der Waals surface area contributed by atoms with Crippen molar-refractivity contribution < 1.29 is 9.90 Å². The molecule has 0 aliphatic rings. The molecule has 0 fully saturated rings. The van der Waals surface area contributed by atoms with Crippen molar-refractivity contribution in [1.82, 2.24) is 15.2 Å². The summed E-state index contributed by atoms with van der Waals surface area (Å²) in [6, 6.07) is 7.54. The highest BCUT2D eigenvalue weighted by Crippen LogP contribution is 2.28. The number of carbonyl (C=O) groups is 1. The SMILES string of the molecule is CC(NC(=O)O)c1ccc(-c2scnc2C#CCN(C)C)cc1. The van der Waals surface area contributed by atoms with Gasteiger partial charge in [0.15, 0.2) is 0 Å². The van der Waals surface area contributed by atoms with Crippen LogP contribution < -0.4 is 5.32 Å². The molecule has 1 aromatic heterocycles. The van der Waals surface area contributed by atoms with E-state index in [-0.39, 0.29) is 6.04 Å². The summed E-state index contributed by atoms with van der Waals surface area (Å²) >= 11 is 1.55. The van der Waals surface area contributed by atoms with Crippen LogP contribution in [0.15, 0.2) is 29.8 Å². The second-order valence-corrected chi connectivity index (χ2v) is 6.22. The fraction of sp³-hybridized carbons (Fsp3) is 0.294. The van der Waals surface area contributed by atoms with Gasteiger partial charge in [0.25, 0.3) is 0 Å². The maximum Gasteiger partial charge on any atom is 0.405 e. The maximum atomic E-state index is 10.7. The number of nitrogens with one attached hydrogen (secondary N) is 1. The Labute approximate surface area is 140 Å². The maximum absolute atomic E-state index is 10.7. The van der Waals surface area contributed by atoms with Crippen molar-refractivity contribution in [1.29, 1.82) is 0 Å². The predicted molar refractivity (Wildman–Crippen MR) is 92.6 cm³/mol. The summed E-state index contributed by atoms with van der Waals surface area (Å²) in [5.74, 6) is 6.20. The molecule has 0 radical (unpaired) electrons. The van der Waals surface area contributed by atoms with Crippen LogP contribution in [0.3, 0.4) is 0 Å². The molecule has 0 bridgehead atoms. The Morgan fingerprint density at radius 1 is 1.39 bits per heavy atom. The van der Waals surface area contributed by atoms with Gasteiger partial charge in [0.1, 0.15) is 5.69 Å². The Kier molecular flexibility index (Phi) is 5.74. The van der Waals surface area contributed by atoms with Gasteiger partial charge in [-0.1, -0.05) is 30.2 Å². The highest BCUT2D eigenvalue weighted by Gasteiger charge is 2.10. The molecular weight excluding hydrogens is 310 g/mol. The molecule has 120 valence electrons. The third kappa shape index (κ3) is 4.81. The molecule has 2 rings (SSSR count). The summed E-state index contributed by atoms with van der Waals surface area (Å²) < 4.78 is 0. The normalized spacial score (nSPS) is 11.7. The molecule has 0 saturated heterocycles. The van der Waals surface area contributed by atoms with Gasteiger partial charge in [-0.2, -0.15) is 0 Å². The lowest BCUT2D eigenvalue weighted by Crippen LogP contribution is -2.24. The van der Waals surface area contributed by atoms with Crippen molar-refractivity contribution >= 4 is 17.4 Å². The lowest BCUT2D eigenvalue weighted by atomic mass is 10.0. The summed E-state index contributed by atoms with van der Waals surface area (Å²) in [5, 5.41) is 11.2. The van der Waals surface area contributed by atoms with E-state index in [1.54, 1.807) is 16.8 Å². The standard InChI is InChI=1S/C17H19N3O2S/c1-12(19-17(21)22)13-6-8-14(9-7-13)16-15(18-11-23-16)5-4-10-20(2)3/h6-9,11-12,19H,10H2,1-3H3,(H,21,22). The third-order valence-corrected chi connectivity index (χ3v) is 4.06. The zero-order chi connectivity index (χ0) is 16.8. The lowest BCUT2D eigenvalue weighted by molar-refractivity contribution is 0.191. The van der Waals surface area contributed by atoms with Gasteiger partial charge in [0.05, 0.1) is 23.0 Å². The van der Waals surface area contributed by atoms with E-state index in [1.807, 2.05) is 50.2 Å². The molecule has 5 nitrogen and oxygen atoms in total. The van der Waals surface area contributed by atoms with E-state index in [9.17, 15) is 4.79 Å². The van der Waals surface area contributed by atoms with E-state index in [1.165, 1.54) is 0 Å². The van der Waals surface area contributed by atoms with Gasteiger partial charge in [-0.25, -0.2) is 9.78 Å². The van der Waals surface area contributed by atoms with E-state index >= 15 is 0 Å². The average Bonchev–Trinajstić information content (AvgIpc) is 2.95. The number of hydrogen-bond acceptors (Lipinski definition) is 4. The van der Waals surface area contributed by atoms with Crippen LogP contribution in [0.4, 0.5) is 4.79 Å². The molecular formula is C17H19N3O2S. The van der Waals surface area contributed by atoms with Crippen LogP contribution in [0.1, 0.15) is 24.2 Å². The van der Waals surface area contributed by atoms with Gasteiger partial charge in [-0.3, -0.25) is 4.90 Å². The Morgan fingerprint density at radius 3 is 2.70 bits per heavy atom. The Morgan fingerprint density at radius 2 is 2.09 bits per heavy atom. The monoisotopic (exact) mass is 329 g/mol. The van der Waals surface area contributed by atoms with Crippen LogP contribution in [-0.2, 0) is 0 Å². The molecule has 2 aromatic rings. The smallest absolute Gasteiger partial charge is 0.405 e. The summed E-state index contributed by atoms with van der Waals surface area (Å²) in [4.78, 5) is 18.0. The van der Waals surface area contributed by atoms with Gasteiger partial charge in [-0.15, -0.1) is 11.3 Å². The van der Waals surface area contributed by atoms with Crippen LogP contribution in [0, 0.1) is 11.8 Å². The molecule has 0 spiro atoms. The Bertz CT molecular complexity index is 726. The van der Waals surface area contributed by atoms with Crippen molar-refractivity contribution in [2.75, 3.05) is 20.6 Å². The molecule has 0 aliphatic carbocycles. The quantitative estimate of drug-likeness (QED) is 0.846. The third-order valence-electron chi connectivity index (χ3n) is 3.18. The van der Waals surface area contributed by atoms with Crippen LogP contribution in [0.2, 0.25) is 0 Å². The number of thiazole rings is 1. The number of nitrogens with zero attached hydrogens (tertiary/aromatic N) is 2. The highest BCUT2D eigenvalue weighted by molar-refractivity contribution is 7.13. The summed E-state index contributed by atoms with van der Waals surface area (Å²) in [5.41, 5.74) is 4.52. The van der Waals surface area contributed by atoms with Crippen LogP contribution in [0.25, 0.3) is 10.4 Å². The van der Waals surface area contributed by atoms with Gasteiger partial charge in [0.2, 0.25) is 0 Å². The zero-order valence-electron chi connectivity index (χ0n) is 13.3. The van der Waals surface area contributed by atoms with Crippen molar-refractivity contribution in [2.24, 2.45) is 0 Å². The van der Waals surface area contributed by atoms with Crippen molar-refractivity contribution in [3.05, 3.63) is 41.0 Å².